The predicted octanol–water partition coefficient (Wildman–Crippen LogP) is 2.19. The number of Topliss-reactive ketones (excluding diaryl/α,β-unsaturated/α-hetero) is 1. The van der Waals surface area contributed by atoms with Gasteiger partial charge in [-0.1, -0.05) is 6.42 Å². The smallest absolute Gasteiger partial charge is 0.207 e. The van der Waals surface area contributed by atoms with Crippen molar-refractivity contribution in [2.24, 2.45) is 0 Å². The van der Waals surface area contributed by atoms with Gasteiger partial charge in [0.1, 0.15) is 5.78 Å². The zero-order chi connectivity index (χ0) is 10.3. The van der Waals surface area contributed by atoms with Crippen LogP contribution in [0.5, 0.6) is 0 Å². The number of nitrogens with zero attached hydrogens (tertiary/aromatic N) is 1. The van der Waals surface area contributed by atoms with Crippen LogP contribution in [0.2, 0.25) is 0 Å². The Morgan fingerprint density at radius 1 is 1.23 bits per heavy atom. The van der Waals surface area contributed by atoms with Crippen molar-refractivity contribution in [3.05, 3.63) is 10.1 Å². The summed E-state index contributed by atoms with van der Waals surface area (Å²) in [5.74, 6) is 0.464. The van der Waals surface area contributed by atoms with E-state index in [4.69, 9.17) is 0 Å². The van der Waals surface area contributed by atoms with Crippen molar-refractivity contribution >= 4 is 5.78 Å². The Kier molecular flexibility index (Phi) is 6.10. The van der Waals surface area contributed by atoms with E-state index >= 15 is 0 Å². The fraction of sp³-hybridized carbons (Fsp3) is 0.889. The van der Waals surface area contributed by atoms with Crippen molar-refractivity contribution in [1.82, 2.24) is 0 Å². The van der Waals surface area contributed by atoms with Crippen molar-refractivity contribution in [2.45, 2.75) is 52.0 Å². The Morgan fingerprint density at radius 3 is 1.77 bits per heavy atom. The van der Waals surface area contributed by atoms with E-state index in [9.17, 15) is 14.9 Å². The zero-order valence-electron chi connectivity index (χ0n) is 8.28. The second-order valence-corrected chi connectivity index (χ2v) is 3.48. The van der Waals surface area contributed by atoms with Crippen LogP contribution in [0, 0.1) is 10.1 Å². The highest BCUT2D eigenvalue weighted by molar-refractivity contribution is 5.78. The first kappa shape index (κ1) is 12.1. The summed E-state index contributed by atoms with van der Waals surface area (Å²) in [6, 6.07) is -0.426. The van der Waals surface area contributed by atoms with Crippen LogP contribution < -0.4 is 0 Å². The van der Waals surface area contributed by atoms with Gasteiger partial charge in [0.25, 0.3) is 0 Å². The molecule has 0 amide bonds. The number of rotatable bonds is 1. The Hall–Kier alpha value is -0.930. The van der Waals surface area contributed by atoms with E-state index in [1.807, 2.05) is 0 Å². The lowest BCUT2D eigenvalue weighted by molar-refractivity contribution is -0.513. The summed E-state index contributed by atoms with van der Waals surface area (Å²) in [4.78, 5) is 19.6. The number of hydrogen-bond donors (Lipinski definition) is 0. The highest BCUT2D eigenvalue weighted by atomic mass is 16.6. The summed E-state index contributed by atoms with van der Waals surface area (Å²) >= 11 is 0. The molecule has 0 aromatic carbocycles. The number of hydrogen-bond acceptors (Lipinski definition) is 3. The lowest BCUT2D eigenvalue weighted by Gasteiger charge is -2.05. The van der Waals surface area contributed by atoms with Gasteiger partial charge in [-0.25, -0.2) is 0 Å². The Labute approximate surface area is 78.5 Å². The third-order valence-corrected chi connectivity index (χ3v) is 1.83. The molecule has 76 valence electrons. The van der Waals surface area contributed by atoms with E-state index in [1.54, 1.807) is 13.8 Å². The minimum absolute atomic E-state index is 0.333. The Bertz CT molecular complexity index is 170. The molecule has 1 rings (SSSR count). The molecule has 0 aromatic rings. The summed E-state index contributed by atoms with van der Waals surface area (Å²) < 4.78 is 0. The second-order valence-electron chi connectivity index (χ2n) is 3.48. The monoisotopic (exact) mass is 187 g/mol. The average Bonchev–Trinajstić information content (AvgIpc) is 2.06. The number of ketones is 1. The molecule has 0 aliphatic heterocycles. The predicted molar refractivity (Wildman–Crippen MR) is 50.2 cm³/mol. The molecule has 1 saturated carbocycles. The number of nitro groups is 1. The standard InChI is InChI=1S/C6H10O.C3H7NO2/c7-6-4-2-1-3-5-6;1-3(2)4(5)6/h1-5H2;3H,1-2H3. The molecular weight excluding hydrogens is 170 g/mol. The molecule has 0 bridgehead atoms. The van der Waals surface area contributed by atoms with E-state index in [0.29, 0.717) is 5.78 Å². The summed E-state index contributed by atoms with van der Waals surface area (Å²) in [5.41, 5.74) is 0. The largest absolute Gasteiger partial charge is 0.300 e. The molecule has 13 heavy (non-hydrogen) atoms. The number of carbonyl (C=O) groups is 1. The van der Waals surface area contributed by atoms with Crippen LogP contribution in [0.1, 0.15) is 46.0 Å². The lowest BCUT2D eigenvalue weighted by atomic mass is 10.00. The highest BCUT2D eigenvalue weighted by Crippen LogP contribution is 2.12. The van der Waals surface area contributed by atoms with E-state index in [0.717, 1.165) is 25.7 Å². The van der Waals surface area contributed by atoms with Gasteiger partial charge in [0.2, 0.25) is 6.04 Å². The molecular formula is C9H17NO3. The van der Waals surface area contributed by atoms with Gasteiger partial charge >= 0.3 is 0 Å². The maximum Gasteiger partial charge on any atom is 0.207 e. The van der Waals surface area contributed by atoms with Crippen molar-refractivity contribution in [3.8, 4) is 0 Å². The zero-order valence-corrected chi connectivity index (χ0v) is 8.28. The third-order valence-electron chi connectivity index (χ3n) is 1.83. The van der Waals surface area contributed by atoms with Crippen LogP contribution in [0.3, 0.4) is 0 Å². The summed E-state index contributed by atoms with van der Waals surface area (Å²) in [5, 5.41) is 9.50. The summed E-state index contributed by atoms with van der Waals surface area (Å²) in [6.45, 7) is 3.08. The van der Waals surface area contributed by atoms with Crippen molar-refractivity contribution in [2.75, 3.05) is 0 Å². The van der Waals surface area contributed by atoms with Crippen LogP contribution in [0.4, 0.5) is 0 Å². The molecule has 0 atom stereocenters. The van der Waals surface area contributed by atoms with Gasteiger partial charge in [-0.15, -0.1) is 0 Å². The van der Waals surface area contributed by atoms with Gasteiger partial charge in [0.15, 0.2) is 0 Å². The van der Waals surface area contributed by atoms with Crippen molar-refractivity contribution in [1.29, 1.82) is 0 Å². The van der Waals surface area contributed by atoms with Crippen LogP contribution in [0.25, 0.3) is 0 Å². The van der Waals surface area contributed by atoms with E-state index in [-0.39, 0.29) is 4.92 Å². The molecule has 0 unspecified atom stereocenters. The SMILES string of the molecule is CC(C)[N+](=O)[O-].O=C1CCCCC1. The summed E-state index contributed by atoms with van der Waals surface area (Å²) in [6.07, 6.45) is 5.24. The molecule has 0 radical (unpaired) electrons. The minimum Gasteiger partial charge on any atom is -0.300 e. The minimum atomic E-state index is -0.426. The maximum atomic E-state index is 10.5. The van der Waals surface area contributed by atoms with Gasteiger partial charge in [0, 0.05) is 31.6 Å². The maximum absolute atomic E-state index is 10.5. The van der Waals surface area contributed by atoms with Gasteiger partial charge in [-0.2, -0.15) is 0 Å². The normalized spacial score (nSPS) is 16.4. The topological polar surface area (TPSA) is 60.2 Å². The molecule has 1 aliphatic rings. The second kappa shape index (κ2) is 6.57. The lowest BCUT2D eigenvalue weighted by Crippen LogP contribution is -2.08. The fourth-order valence-electron chi connectivity index (χ4n) is 0.946. The van der Waals surface area contributed by atoms with Gasteiger partial charge in [0.05, 0.1) is 0 Å². The van der Waals surface area contributed by atoms with Crippen LogP contribution in [0.15, 0.2) is 0 Å². The van der Waals surface area contributed by atoms with Crippen LogP contribution in [-0.4, -0.2) is 16.7 Å². The van der Waals surface area contributed by atoms with Crippen LogP contribution in [-0.2, 0) is 4.79 Å². The molecule has 0 heterocycles. The third kappa shape index (κ3) is 7.43. The molecule has 0 aromatic heterocycles. The molecule has 1 fully saturated rings. The average molecular weight is 187 g/mol. The first-order chi connectivity index (χ1) is 6.04. The molecule has 4 nitrogen and oxygen atoms in total. The van der Waals surface area contributed by atoms with E-state index in [2.05, 4.69) is 0 Å². The molecule has 4 heteroatoms. The molecule has 0 N–H and O–H groups in total. The molecule has 1 aliphatic carbocycles. The van der Waals surface area contributed by atoms with Crippen LogP contribution >= 0.6 is 0 Å². The van der Waals surface area contributed by atoms with Crippen molar-refractivity contribution < 1.29 is 9.72 Å². The molecule has 0 spiro atoms. The van der Waals surface area contributed by atoms with Crippen molar-refractivity contribution in [3.63, 3.8) is 0 Å². The summed E-state index contributed by atoms with van der Waals surface area (Å²) in [7, 11) is 0. The Balaban J connectivity index is 0.000000226. The fourth-order valence-corrected chi connectivity index (χ4v) is 0.946. The van der Waals surface area contributed by atoms with E-state index in [1.165, 1.54) is 6.42 Å². The Morgan fingerprint density at radius 2 is 1.62 bits per heavy atom. The first-order valence-electron chi connectivity index (χ1n) is 4.69. The molecule has 0 saturated heterocycles. The number of carbonyl (C=O) groups excluding carboxylic acids is 1. The highest BCUT2D eigenvalue weighted by Gasteiger charge is 2.05. The first-order valence-corrected chi connectivity index (χ1v) is 4.69. The van der Waals surface area contributed by atoms with Gasteiger partial charge in [-0.3, -0.25) is 14.9 Å². The van der Waals surface area contributed by atoms with Gasteiger partial charge in [-0.05, 0) is 12.8 Å². The van der Waals surface area contributed by atoms with Gasteiger partial charge < -0.3 is 0 Å². The van der Waals surface area contributed by atoms with E-state index < -0.39 is 6.04 Å². The quantitative estimate of drug-likeness (QED) is 0.467.